The van der Waals surface area contributed by atoms with Gasteiger partial charge in [-0.15, -0.1) is 0 Å². The van der Waals surface area contributed by atoms with Crippen LogP contribution in [0.3, 0.4) is 0 Å². The van der Waals surface area contributed by atoms with Gasteiger partial charge in [0.25, 0.3) is 0 Å². The summed E-state index contributed by atoms with van der Waals surface area (Å²) in [5.41, 5.74) is 0.968. The number of aliphatic hydroxyl groups excluding tert-OH is 1. The summed E-state index contributed by atoms with van der Waals surface area (Å²) in [4.78, 5) is 68.6. The molecule has 1 saturated carbocycles. The van der Waals surface area contributed by atoms with Gasteiger partial charge in [-0.05, 0) is 96.3 Å². The van der Waals surface area contributed by atoms with Crippen LogP contribution in [-0.4, -0.2) is 110 Å². The summed E-state index contributed by atoms with van der Waals surface area (Å²) >= 11 is 0. The number of methoxy groups -OCH3 is 3. The Hall–Kier alpha value is -7.22. The number of hydrogen-bond acceptors (Lipinski definition) is 13. The first-order valence-corrected chi connectivity index (χ1v) is 25.4. The molecule has 384 valence electrons. The number of ether oxygens (including phenoxy) is 6. The topological polar surface area (TPSA) is 174 Å². The average Bonchev–Trinajstić information content (AvgIpc) is 3.85. The number of aliphatic hydroxyl groups is 2. The van der Waals surface area contributed by atoms with Crippen molar-refractivity contribution in [1.82, 2.24) is 9.80 Å². The second-order valence-corrected chi connectivity index (χ2v) is 19.5. The van der Waals surface area contributed by atoms with Crippen molar-refractivity contribution in [1.29, 1.82) is 0 Å². The van der Waals surface area contributed by atoms with Gasteiger partial charge in [0.2, 0.25) is 11.8 Å². The largest absolute Gasteiger partial charge is 0.493 e. The molecule has 3 amide bonds. The number of imide groups is 1. The molecular formula is C59H61N3O12. The number of hydrogen-bond donors (Lipinski definition) is 2. The summed E-state index contributed by atoms with van der Waals surface area (Å²) in [6.07, 6.45) is 3.05. The lowest BCUT2D eigenvalue weighted by molar-refractivity contribution is -0.179. The molecule has 15 nitrogen and oxygen atoms in total. The van der Waals surface area contributed by atoms with Gasteiger partial charge in [-0.3, -0.25) is 19.3 Å². The van der Waals surface area contributed by atoms with Crippen LogP contribution >= 0.6 is 0 Å². The van der Waals surface area contributed by atoms with Crippen LogP contribution in [0.5, 0.6) is 17.2 Å². The number of carbonyl (C=O) groups is 4. The summed E-state index contributed by atoms with van der Waals surface area (Å²) in [5.74, 6) is 4.07. The molecule has 0 radical (unpaired) electrons. The van der Waals surface area contributed by atoms with Crippen LogP contribution in [-0.2, 0) is 47.0 Å². The molecule has 4 heterocycles. The number of rotatable bonds is 12. The van der Waals surface area contributed by atoms with Gasteiger partial charge in [-0.2, -0.15) is 0 Å². The Balaban J connectivity index is 1.28. The Bertz CT molecular complexity index is 2970. The first kappa shape index (κ1) is 50.3. The zero-order valence-corrected chi connectivity index (χ0v) is 41.9. The number of amides is 3. The summed E-state index contributed by atoms with van der Waals surface area (Å²) in [5, 5.41) is 22.0. The molecule has 2 N–H and O–H groups in total. The number of fused-ring (bicyclic) bond motifs is 4. The molecule has 15 heteroatoms. The number of benzene rings is 5. The minimum atomic E-state index is -2.14. The van der Waals surface area contributed by atoms with Gasteiger partial charge in [-0.25, -0.2) is 9.69 Å². The SMILES string of the molecule is COCCOC(=O)N1C(=O)C2(c3cc(C#CC4(O)CCCCCC4)ccc31)C(C(=O)N1CCc3cc(OC)c(OC)cc3C1)C1C(=O)OC(c3ccccc3)C(c3ccccc3)N1C2c1ccccc1OCCO. The smallest absolute Gasteiger partial charge is 0.421 e. The number of esters is 1. The average molecular weight is 1000 g/mol. The van der Waals surface area contributed by atoms with E-state index in [4.69, 9.17) is 28.4 Å². The lowest BCUT2D eigenvalue weighted by atomic mass is 9.64. The van der Waals surface area contributed by atoms with Crippen LogP contribution in [0.15, 0.2) is 115 Å². The first-order valence-electron chi connectivity index (χ1n) is 25.4. The molecule has 0 aromatic heterocycles. The van der Waals surface area contributed by atoms with E-state index in [2.05, 4.69) is 11.8 Å². The monoisotopic (exact) mass is 1000 g/mol. The number of para-hydroxylation sites is 1. The first-order chi connectivity index (χ1) is 36.1. The van der Waals surface area contributed by atoms with Crippen LogP contribution in [0.25, 0.3) is 0 Å². The van der Waals surface area contributed by atoms with Gasteiger partial charge in [0.05, 0.1) is 51.1 Å². The highest BCUT2D eigenvalue weighted by Crippen LogP contribution is 2.67. The minimum Gasteiger partial charge on any atom is -0.493 e. The molecule has 4 aliphatic heterocycles. The van der Waals surface area contributed by atoms with Crippen LogP contribution in [0, 0.1) is 17.8 Å². The predicted octanol–water partition coefficient (Wildman–Crippen LogP) is 7.55. The Morgan fingerprint density at radius 1 is 0.757 bits per heavy atom. The van der Waals surface area contributed by atoms with E-state index in [0.717, 1.165) is 47.3 Å². The molecule has 1 aliphatic carbocycles. The molecule has 6 unspecified atom stereocenters. The van der Waals surface area contributed by atoms with Crippen LogP contribution in [0.2, 0.25) is 0 Å². The lowest BCUT2D eigenvalue weighted by Gasteiger charge is -2.46. The molecule has 6 atom stereocenters. The van der Waals surface area contributed by atoms with Gasteiger partial charge in [0, 0.05) is 31.3 Å². The van der Waals surface area contributed by atoms with E-state index in [-0.39, 0.29) is 56.5 Å². The standard InChI is InChI=1S/C59H61N3O12/c1-69-32-33-73-57(67)61-45-23-22-38(24-28-58(68)26-14-4-5-15-27-58)34-44(45)59(56(61)66)49(54(64)60-29-25-41-35-47(70-2)48(71-3)36-42(41)37-60)51-55(65)74-52(40-18-10-7-11-19-40)50(39-16-8-6-9-17-39)62(51)53(59)43-20-12-13-21-46(43)72-31-30-63/h6-13,16-23,34-36,49-53,63,68H,4-5,14-15,25-27,29-33,37H2,1-3H3. The fraction of sp³-hybridized carbons (Fsp3) is 0.390. The minimum absolute atomic E-state index is 0.0386. The van der Waals surface area contributed by atoms with Gasteiger partial charge in [0.15, 0.2) is 11.5 Å². The maximum absolute atomic E-state index is 16.8. The molecule has 1 spiro atoms. The Morgan fingerprint density at radius 3 is 2.12 bits per heavy atom. The van der Waals surface area contributed by atoms with E-state index in [1.165, 1.54) is 7.11 Å². The van der Waals surface area contributed by atoms with Crippen molar-refractivity contribution in [2.24, 2.45) is 5.92 Å². The van der Waals surface area contributed by atoms with Gasteiger partial charge >= 0.3 is 12.1 Å². The number of anilines is 1. The van der Waals surface area contributed by atoms with Gasteiger partial charge < -0.3 is 43.5 Å². The molecular weight excluding hydrogens is 943 g/mol. The molecule has 10 rings (SSSR count). The van der Waals surface area contributed by atoms with E-state index in [0.29, 0.717) is 47.5 Å². The maximum atomic E-state index is 16.8. The highest BCUT2D eigenvalue weighted by molar-refractivity contribution is 6.23. The predicted molar refractivity (Wildman–Crippen MR) is 272 cm³/mol. The van der Waals surface area contributed by atoms with Gasteiger partial charge in [-0.1, -0.05) is 104 Å². The summed E-state index contributed by atoms with van der Waals surface area (Å²) in [6, 6.07) is 31.2. The quantitative estimate of drug-likeness (QED) is 0.0544. The number of cyclic esters (lactones) is 1. The van der Waals surface area contributed by atoms with E-state index >= 15 is 14.4 Å². The molecule has 2 saturated heterocycles. The zero-order valence-electron chi connectivity index (χ0n) is 41.9. The maximum Gasteiger partial charge on any atom is 0.421 e. The summed E-state index contributed by atoms with van der Waals surface area (Å²) in [6.45, 7) is -0.310. The number of nitrogens with zero attached hydrogens (tertiary/aromatic N) is 3. The molecule has 3 fully saturated rings. The zero-order chi connectivity index (χ0) is 51.6. The van der Waals surface area contributed by atoms with Crippen molar-refractivity contribution in [3.8, 4) is 29.1 Å². The van der Waals surface area contributed by atoms with Crippen molar-refractivity contribution in [2.45, 2.75) is 86.7 Å². The lowest BCUT2D eigenvalue weighted by Crippen LogP contribution is -2.57. The highest BCUT2D eigenvalue weighted by Gasteiger charge is 2.76. The fourth-order valence-electron chi connectivity index (χ4n) is 12.1. The fourth-order valence-corrected chi connectivity index (χ4v) is 12.1. The second kappa shape index (κ2) is 21.3. The summed E-state index contributed by atoms with van der Waals surface area (Å²) < 4.78 is 35.5. The number of morpholine rings is 1. The number of carbonyl (C=O) groups excluding carboxylic acids is 4. The third kappa shape index (κ3) is 8.93. The van der Waals surface area contributed by atoms with Crippen molar-refractivity contribution in [2.75, 3.05) is 59.2 Å². The van der Waals surface area contributed by atoms with Crippen molar-refractivity contribution in [3.05, 3.63) is 154 Å². The highest BCUT2D eigenvalue weighted by atomic mass is 16.6. The van der Waals surface area contributed by atoms with E-state index in [1.54, 1.807) is 61.6 Å². The Labute approximate surface area is 430 Å². The van der Waals surface area contributed by atoms with Crippen molar-refractivity contribution >= 4 is 29.6 Å². The third-order valence-electron chi connectivity index (χ3n) is 15.4. The third-order valence-corrected chi connectivity index (χ3v) is 15.4. The van der Waals surface area contributed by atoms with Crippen LogP contribution in [0.4, 0.5) is 10.5 Å². The van der Waals surface area contributed by atoms with E-state index in [9.17, 15) is 15.0 Å². The molecule has 0 bridgehead atoms. The molecule has 74 heavy (non-hydrogen) atoms. The van der Waals surface area contributed by atoms with Crippen LogP contribution < -0.4 is 19.1 Å². The molecule has 5 aromatic rings. The second-order valence-electron chi connectivity index (χ2n) is 19.5. The normalized spacial score (nSPS) is 23.9. The van der Waals surface area contributed by atoms with Crippen LogP contribution in [0.1, 0.15) is 95.7 Å². The molecule has 5 aliphatic rings. The molecule has 5 aromatic carbocycles. The summed E-state index contributed by atoms with van der Waals surface area (Å²) in [7, 11) is 4.57. The van der Waals surface area contributed by atoms with Crippen molar-refractivity contribution in [3.63, 3.8) is 0 Å². The Morgan fingerprint density at radius 2 is 1.43 bits per heavy atom. The van der Waals surface area contributed by atoms with Crippen molar-refractivity contribution < 1.29 is 57.8 Å². The van der Waals surface area contributed by atoms with E-state index in [1.807, 2.05) is 77.7 Å². The van der Waals surface area contributed by atoms with E-state index < -0.39 is 65.0 Å². The Kier molecular flexibility index (Phi) is 14.5. The van der Waals surface area contributed by atoms with Gasteiger partial charge in [0.1, 0.15) is 42.1 Å².